The minimum absolute atomic E-state index is 0.0831. The van der Waals surface area contributed by atoms with Gasteiger partial charge in [-0.3, -0.25) is 0 Å². The Kier molecular flexibility index (Phi) is 2.07. The van der Waals surface area contributed by atoms with Crippen LogP contribution in [0.4, 0.5) is 0 Å². The molecule has 14 heavy (non-hydrogen) atoms. The molecule has 0 radical (unpaired) electrons. The van der Waals surface area contributed by atoms with Crippen molar-refractivity contribution in [2.45, 2.75) is 58.3 Å². The van der Waals surface area contributed by atoms with Gasteiger partial charge in [0.2, 0.25) is 0 Å². The maximum absolute atomic E-state index is 8.50. The Morgan fingerprint density at radius 3 is 2.57 bits per heavy atom. The lowest BCUT2D eigenvalue weighted by Crippen LogP contribution is -2.26. The van der Waals surface area contributed by atoms with Crippen molar-refractivity contribution in [3.63, 3.8) is 0 Å². The summed E-state index contributed by atoms with van der Waals surface area (Å²) in [5, 5.41) is 0. The number of rotatable bonds is 0. The molecule has 0 spiro atoms. The molecular weight excluding hydrogens is 168 g/mol. The van der Waals surface area contributed by atoms with Crippen molar-refractivity contribution in [2.75, 3.05) is 0 Å². The van der Waals surface area contributed by atoms with Crippen LogP contribution in [0.1, 0.15) is 59.7 Å². The fourth-order valence-electron chi connectivity index (χ4n) is 4.68. The maximum atomic E-state index is 8.50. The zero-order valence-electron chi connectivity index (χ0n) is 10.5. The summed E-state index contributed by atoms with van der Waals surface area (Å²) in [5.41, 5.74) is 0. The van der Waals surface area contributed by atoms with E-state index in [0.29, 0.717) is 0 Å². The van der Waals surface area contributed by atoms with Crippen molar-refractivity contribution < 1.29 is 1.37 Å². The minimum atomic E-state index is -0.0831. The molecule has 3 saturated carbocycles. The summed E-state index contributed by atoms with van der Waals surface area (Å²) in [7, 11) is 0. The zero-order chi connectivity index (χ0) is 10.5. The van der Waals surface area contributed by atoms with Gasteiger partial charge < -0.3 is 0 Å². The van der Waals surface area contributed by atoms with E-state index >= 15 is 0 Å². The molecule has 0 heterocycles. The topological polar surface area (TPSA) is 0 Å². The summed E-state index contributed by atoms with van der Waals surface area (Å²) >= 11 is 0. The van der Waals surface area contributed by atoms with Gasteiger partial charge in [-0.05, 0) is 48.8 Å². The molecule has 0 amide bonds. The molecule has 3 rings (SSSR count). The quantitative estimate of drug-likeness (QED) is 0.539. The molecular formula is C14H24. The van der Waals surface area contributed by atoms with Gasteiger partial charge in [0.15, 0.2) is 0 Å². The van der Waals surface area contributed by atoms with Gasteiger partial charge in [0, 0.05) is 1.37 Å². The SMILES string of the molecule is [2H][C@@]1(C)CCCC2C3CCCCC3CC21. The Morgan fingerprint density at radius 2 is 1.64 bits per heavy atom. The monoisotopic (exact) mass is 193 g/mol. The molecule has 3 aliphatic rings. The summed E-state index contributed by atoms with van der Waals surface area (Å²) in [6, 6.07) is 0. The van der Waals surface area contributed by atoms with Gasteiger partial charge in [-0.25, -0.2) is 0 Å². The van der Waals surface area contributed by atoms with Crippen molar-refractivity contribution >= 4 is 0 Å². The van der Waals surface area contributed by atoms with Gasteiger partial charge in [0.25, 0.3) is 0 Å². The summed E-state index contributed by atoms with van der Waals surface area (Å²) in [5.74, 6) is 3.64. The second-order valence-electron chi connectivity index (χ2n) is 5.95. The molecule has 0 nitrogen and oxygen atoms in total. The van der Waals surface area contributed by atoms with Gasteiger partial charge in [-0.2, -0.15) is 0 Å². The van der Waals surface area contributed by atoms with Crippen LogP contribution in [0.3, 0.4) is 0 Å². The van der Waals surface area contributed by atoms with Gasteiger partial charge >= 0.3 is 0 Å². The van der Waals surface area contributed by atoms with E-state index in [1.54, 1.807) is 0 Å². The van der Waals surface area contributed by atoms with E-state index < -0.39 is 0 Å². The summed E-state index contributed by atoms with van der Waals surface area (Å²) in [6.07, 6.45) is 11.2. The third-order valence-electron chi connectivity index (χ3n) is 5.33. The van der Waals surface area contributed by atoms with Gasteiger partial charge in [-0.1, -0.05) is 39.0 Å². The summed E-state index contributed by atoms with van der Waals surface area (Å²) in [4.78, 5) is 0. The Balaban J connectivity index is 1.83. The average molecular weight is 193 g/mol. The van der Waals surface area contributed by atoms with Crippen molar-refractivity contribution in [1.29, 1.82) is 0 Å². The van der Waals surface area contributed by atoms with Gasteiger partial charge in [0.1, 0.15) is 0 Å². The molecule has 0 heteroatoms. The molecule has 0 N–H and O–H groups in total. The highest BCUT2D eigenvalue weighted by Gasteiger charge is 2.46. The van der Waals surface area contributed by atoms with Gasteiger partial charge in [-0.15, -0.1) is 0 Å². The van der Waals surface area contributed by atoms with Crippen LogP contribution in [-0.4, -0.2) is 0 Å². The van der Waals surface area contributed by atoms with Gasteiger partial charge in [0.05, 0.1) is 0 Å². The molecule has 3 aliphatic carbocycles. The van der Waals surface area contributed by atoms with Crippen LogP contribution < -0.4 is 0 Å². The van der Waals surface area contributed by atoms with E-state index in [-0.39, 0.29) is 5.89 Å². The number of fused-ring (bicyclic) bond motifs is 3. The molecule has 0 aromatic carbocycles. The number of hydrogen-bond donors (Lipinski definition) is 0. The van der Waals surface area contributed by atoms with E-state index in [4.69, 9.17) is 1.37 Å². The Labute approximate surface area is 89.9 Å². The molecule has 0 aliphatic heterocycles. The highest BCUT2D eigenvalue weighted by atomic mass is 14.5. The average Bonchev–Trinajstić information content (AvgIpc) is 2.58. The Hall–Kier alpha value is 0. The van der Waals surface area contributed by atoms with Crippen molar-refractivity contribution in [1.82, 2.24) is 0 Å². The van der Waals surface area contributed by atoms with E-state index in [1.807, 2.05) is 0 Å². The Bertz CT molecular complexity index is 246. The standard InChI is InChI=1S/C14H24/c1-10-5-4-8-13-12-7-3-2-6-11(12)9-14(10)13/h10-14H,2-9H2,1H3/t10-,11?,12?,13?,14?/m1/s1/i10D. The lowest BCUT2D eigenvalue weighted by atomic mass is 9.70. The highest BCUT2D eigenvalue weighted by Crippen LogP contribution is 2.55. The second kappa shape index (κ2) is 3.54. The minimum Gasteiger partial charge on any atom is -0.0622 e. The van der Waals surface area contributed by atoms with Crippen LogP contribution in [0.15, 0.2) is 0 Å². The van der Waals surface area contributed by atoms with Crippen molar-refractivity contribution in [3.8, 4) is 0 Å². The third-order valence-corrected chi connectivity index (χ3v) is 5.33. The lowest BCUT2D eigenvalue weighted by Gasteiger charge is -2.35. The smallest absolute Gasteiger partial charge is 0.0303 e. The molecule has 3 fully saturated rings. The number of hydrogen-bond acceptors (Lipinski definition) is 0. The van der Waals surface area contributed by atoms with E-state index in [1.165, 1.54) is 44.9 Å². The molecule has 5 atom stereocenters. The summed E-state index contributed by atoms with van der Waals surface area (Å²) < 4.78 is 8.50. The van der Waals surface area contributed by atoms with E-state index in [0.717, 1.165) is 30.1 Å². The Morgan fingerprint density at radius 1 is 0.857 bits per heavy atom. The molecule has 0 bridgehead atoms. The third kappa shape index (κ3) is 1.33. The largest absolute Gasteiger partial charge is 0.0622 e. The first kappa shape index (κ1) is 8.19. The van der Waals surface area contributed by atoms with Crippen molar-refractivity contribution in [2.24, 2.45) is 29.6 Å². The normalized spacial score (nSPS) is 58.8. The van der Waals surface area contributed by atoms with Crippen LogP contribution in [0.2, 0.25) is 0 Å². The highest BCUT2D eigenvalue weighted by molar-refractivity contribution is 4.96. The van der Waals surface area contributed by atoms with E-state index in [9.17, 15) is 0 Å². The molecule has 0 aromatic heterocycles. The predicted octanol–water partition coefficient (Wildman–Crippen LogP) is 4.25. The molecule has 80 valence electrons. The fraction of sp³-hybridized carbons (Fsp3) is 1.00. The van der Waals surface area contributed by atoms with Crippen LogP contribution in [0.5, 0.6) is 0 Å². The van der Waals surface area contributed by atoms with Crippen molar-refractivity contribution in [3.05, 3.63) is 0 Å². The first-order chi connectivity index (χ1) is 7.18. The van der Waals surface area contributed by atoms with Crippen LogP contribution >= 0.6 is 0 Å². The molecule has 0 saturated heterocycles. The van der Waals surface area contributed by atoms with Crippen LogP contribution in [-0.2, 0) is 0 Å². The molecule has 0 aromatic rings. The summed E-state index contributed by atoms with van der Waals surface area (Å²) in [6.45, 7) is 2.21. The van der Waals surface area contributed by atoms with E-state index in [2.05, 4.69) is 6.92 Å². The molecule has 4 unspecified atom stereocenters. The maximum Gasteiger partial charge on any atom is 0.0303 e. The predicted molar refractivity (Wildman–Crippen MR) is 60.1 cm³/mol. The fourth-order valence-corrected chi connectivity index (χ4v) is 4.68. The first-order valence-electron chi connectivity index (χ1n) is 7.18. The van der Waals surface area contributed by atoms with Crippen LogP contribution in [0.25, 0.3) is 0 Å². The second-order valence-corrected chi connectivity index (χ2v) is 5.95. The lowest BCUT2D eigenvalue weighted by molar-refractivity contribution is 0.148. The van der Waals surface area contributed by atoms with Crippen LogP contribution in [0, 0.1) is 29.6 Å². The zero-order valence-corrected chi connectivity index (χ0v) is 9.47. The first-order valence-corrected chi connectivity index (χ1v) is 6.68.